The van der Waals surface area contributed by atoms with Crippen LogP contribution in [0.4, 0.5) is 5.69 Å². The molecule has 9 heteroatoms. The Morgan fingerprint density at radius 3 is 2.63 bits per heavy atom. The van der Waals surface area contributed by atoms with Crippen molar-refractivity contribution in [3.05, 3.63) is 54.1 Å². The minimum absolute atomic E-state index is 0.0230. The highest BCUT2D eigenvalue weighted by Gasteiger charge is 2.74. The minimum atomic E-state index is -0.805. The molecule has 3 fully saturated rings. The van der Waals surface area contributed by atoms with Gasteiger partial charge in [-0.2, -0.15) is 0 Å². The SMILES string of the molecule is C=CCN(C)C(=O)[C@@H]1[C@@H]2CCC3(S2)C(C(=O)N(CC=C)c2c(C)cccc2Cl)N(CCO)C(=O)[C@H]13. The number of likely N-dealkylation sites (tertiary alicyclic amines) is 1. The maximum atomic E-state index is 14.3. The lowest BCUT2D eigenvalue weighted by Gasteiger charge is -2.38. The van der Waals surface area contributed by atoms with Crippen LogP contribution in [0.15, 0.2) is 43.5 Å². The summed E-state index contributed by atoms with van der Waals surface area (Å²) in [6.45, 7) is 9.81. The van der Waals surface area contributed by atoms with Gasteiger partial charge in [-0.05, 0) is 31.4 Å². The first kappa shape index (κ1) is 25.8. The van der Waals surface area contributed by atoms with Gasteiger partial charge in [0.05, 0.1) is 33.9 Å². The number of amides is 3. The van der Waals surface area contributed by atoms with Crippen molar-refractivity contribution < 1.29 is 19.5 Å². The van der Waals surface area contributed by atoms with Crippen LogP contribution in [0, 0.1) is 18.8 Å². The predicted molar refractivity (Wildman–Crippen MR) is 139 cm³/mol. The molecule has 3 aliphatic rings. The van der Waals surface area contributed by atoms with Crippen molar-refractivity contribution in [3.8, 4) is 0 Å². The normalized spacial score (nSPS) is 28.7. The fraction of sp³-hybridized carbons (Fsp3) is 0.500. The maximum absolute atomic E-state index is 14.3. The van der Waals surface area contributed by atoms with Crippen LogP contribution in [0.25, 0.3) is 0 Å². The van der Waals surface area contributed by atoms with Crippen molar-refractivity contribution in [2.75, 3.05) is 38.2 Å². The summed E-state index contributed by atoms with van der Waals surface area (Å²) in [4.78, 5) is 46.3. The van der Waals surface area contributed by atoms with E-state index in [4.69, 9.17) is 11.6 Å². The van der Waals surface area contributed by atoms with Crippen LogP contribution < -0.4 is 4.90 Å². The van der Waals surface area contributed by atoms with Gasteiger partial charge >= 0.3 is 0 Å². The number of rotatable bonds is 9. The fourth-order valence-electron chi connectivity index (χ4n) is 6.13. The quantitative estimate of drug-likeness (QED) is 0.509. The van der Waals surface area contributed by atoms with E-state index >= 15 is 0 Å². The Labute approximate surface area is 215 Å². The van der Waals surface area contributed by atoms with Crippen molar-refractivity contribution in [1.29, 1.82) is 0 Å². The number of fused-ring (bicyclic) bond motifs is 1. The second kappa shape index (κ2) is 9.99. The Hall–Kier alpha value is -2.29. The zero-order chi connectivity index (χ0) is 25.5. The molecule has 7 nitrogen and oxygen atoms in total. The number of hydrogen-bond donors (Lipinski definition) is 1. The Balaban J connectivity index is 1.79. The lowest BCUT2D eigenvalue weighted by Crippen LogP contribution is -2.55. The van der Waals surface area contributed by atoms with Crippen LogP contribution in [0.2, 0.25) is 5.02 Å². The molecule has 0 radical (unpaired) electrons. The lowest BCUT2D eigenvalue weighted by molar-refractivity contribution is -0.143. The van der Waals surface area contributed by atoms with Crippen molar-refractivity contribution in [3.63, 3.8) is 0 Å². The Kier molecular flexibility index (Phi) is 7.36. The number of benzene rings is 1. The van der Waals surface area contributed by atoms with E-state index in [-0.39, 0.29) is 42.7 Å². The standard InChI is InChI=1S/C26H32ClN3O4S/c1-5-12-28(4)23(32)19-18-10-11-26(35-18)20(19)24(33)30(14-15-31)22(26)25(34)29(13-6-2)21-16(3)8-7-9-17(21)27/h5-9,18-20,22,31H,1-2,10-15H2,3-4H3/t18-,19+,20-,22?,26?/m0/s1. The van der Waals surface area contributed by atoms with E-state index < -0.39 is 22.6 Å². The molecule has 1 spiro atoms. The van der Waals surface area contributed by atoms with E-state index in [1.807, 2.05) is 19.1 Å². The summed E-state index contributed by atoms with van der Waals surface area (Å²) >= 11 is 8.15. The van der Waals surface area contributed by atoms with Crippen LogP contribution in [-0.4, -0.2) is 82.0 Å². The third kappa shape index (κ3) is 3.99. The van der Waals surface area contributed by atoms with Gasteiger partial charge in [0.15, 0.2) is 0 Å². The molecule has 1 aromatic rings. The summed E-state index contributed by atoms with van der Waals surface area (Å²) in [5.41, 5.74) is 1.42. The molecule has 1 aromatic carbocycles. The van der Waals surface area contributed by atoms with E-state index in [9.17, 15) is 19.5 Å². The first-order chi connectivity index (χ1) is 16.7. The molecule has 0 saturated carbocycles. The molecule has 3 amide bonds. The molecule has 2 bridgehead atoms. The molecule has 1 N–H and O–H groups in total. The third-order valence-electron chi connectivity index (χ3n) is 7.48. The average Bonchev–Trinajstić information content (AvgIpc) is 3.46. The Morgan fingerprint density at radius 2 is 2.00 bits per heavy atom. The van der Waals surface area contributed by atoms with Crippen LogP contribution >= 0.6 is 23.4 Å². The third-order valence-corrected chi connectivity index (χ3v) is 9.73. The van der Waals surface area contributed by atoms with E-state index in [1.54, 1.807) is 46.8 Å². The molecule has 4 rings (SSSR count). The van der Waals surface area contributed by atoms with Gasteiger partial charge in [-0.25, -0.2) is 0 Å². The summed E-state index contributed by atoms with van der Waals surface area (Å²) in [6, 6.07) is 4.64. The largest absolute Gasteiger partial charge is 0.395 e. The van der Waals surface area contributed by atoms with Crippen LogP contribution in [0.3, 0.4) is 0 Å². The molecule has 3 aliphatic heterocycles. The number of hydrogen-bond acceptors (Lipinski definition) is 5. The van der Waals surface area contributed by atoms with E-state index in [2.05, 4.69) is 13.2 Å². The molecule has 3 saturated heterocycles. The molecule has 2 unspecified atom stereocenters. The van der Waals surface area contributed by atoms with E-state index in [0.29, 0.717) is 23.7 Å². The molecule has 3 heterocycles. The van der Waals surface area contributed by atoms with Gasteiger partial charge in [-0.15, -0.1) is 24.9 Å². The summed E-state index contributed by atoms with van der Waals surface area (Å²) < 4.78 is -0.724. The second-order valence-corrected chi connectivity index (χ2v) is 11.5. The topological polar surface area (TPSA) is 81.2 Å². The molecule has 188 valence electrons. The highest BCUT2D eigenvalue weighted by atomic mass is 35.5. The number of para-hydroxylation sites is 1. The highest BCUT2D eigenvalue weighted by Crippen LogP contribution is 2.66. The van der Waals surface area contributed by atoms with Crippen LogP contribution in [-0.2, 0) is 14.4 Å². The number of anilines is 1. The Bertz CT molecular complexity index is 1040. The zero-order valence-electron chi connectivity index (χ0n) is 20.2. The number of aryl methyl sites for hydroxylation is 1. The molecular weight excluding hydrogens is 486 g/mol. The van der Waals surface area contributed by atoms with Crippen LogP contribution in [0.1, 0.15) is 18.4 Å². The number of likely N-dealkylation sites (N-methyl/N-ethyl adjacent to an activating group) is 1. The van der Waals surface area contributed by atoms with Gasteiger partial charge in [0, 0.05) is 31.9 Å². The molecule has 0 aromatic heterocycles. The first-order valence-corrected chi connectivity index (χ1v) is 13.1. The number of thioether (sulfide) groups is 1. The number of β-amino-alcohol motifs (C(OH)–C–C–N with tert-alkyl or cyclic N) is 1. The molecule has 5 atom stereocenters. The van der Waals surface area contributed by atoms with E-state index in [1.165, 1.54) is 4.90 Å². The van der Waals surface area contributed by atoms with Crippen molar-refractivity contribution >= 4 is 46.8 Å². The predicted octanol–water partition coefficient (Wildman–Crippen LogP) is 2.90. The molecular formula is C26H32ClN3O4S. The smallest absolute Gasteiger partial charge is 0.251 e. The number of carbonyl (C=O) groups is 3. The molecule has 35 heavy (non-hydrogen) atoms. The van der Waals surface area contributed by atoms with Crippen molar-refractivity contribution in [1.82, 2.24) is 9.80 Å². The summed E-state index contributed by atoms with van der Waals surface area (Å²) in [5.74, 6) is -1.69. The Morgan fingerprint density at radius 1 is 1.29 bits per heavy atom. The monoisotopic (exact) mass is 517 g/mol. The summed E-state index contributed by atoms with van der Waals surface area (Å²) in [5, 5.41) is 10.2. The fourth-order valence-corrected chi connectivity index (χ4v) is 8.66. The highest BCUT2D eigenvalue weighted by molar-refractivity contribution is 8.02. The van der Waals surface area contributed by atoms with Crippen LogP contribution in [0.5, 0.6) is 0 Å². The number of nitrogens with zero attached hydrogens (tertiary/aromatic N) is 3. The minimum Gasteiger partial charge on any atom is -0.395 e. The van der Waals surface area contributed by atoms with Gasteiger partial charge in [-0.3, -0.25) is 14.4 Å². The second-order valence-electron chi connectivity index (χ2n) is 9.46. The van der Waals surface area contributed by atoms with Crippen molar-refractivity contribution in [2.24, 2.45) is 11.8 Å². The number of aliphatic hydroxyl groups is 1. The summed E-state index contributed by atoms with van der Waals surface area (Å²) in [6.07, 6.45) is 4.72. The zero-order valence-corrected chi connectivity index (χ0v) is 21.7. The number of carbonyl (C=O) groups excluding carboxylic acids is 3. The van der Waals surface area contributed by atoms with E-state index in [0.717, 1.165) is 12.0 Å². The van der Waals surface area contributed by atoms with Gasteiger partial charge in [-0.1, -0.05) is 35.9 Å². The lowest BCUT2D eigenvalue weighted by atomic mass is 9.70. The first-order valence-electron chi connectivity index (χ1n) is 11.9. The average molecular weight is 518 g/mol. The molecule has 0 aliphatic carbocycles. The van der Waals surface area contributed by atoms with Gasteiger partial charge < -0.3 is 19.8 Å². The summed E-state index contributed by atoms with van der Waals surface area (Å²) in [7, 11) is 1.72. The van der Waals surface area contributed by atoms with Gasteiger partial charge in [0.25, 0.3) is 5.91 Å². The maximum Gasteiger partial charge on any atom is 0.251 e. The van der Waals surface area contributed by atoms with Gasteiger partial charge in [0.1, 0.15) is 6.04 Å². The van der Waals surface area contributed by atoms with Gasteiger partial charge in [0.2, 0.25) is 11.8 Å². The van der Waals surface area contributed by atoms with Crippen molar-refractivity contribution in [2.45, 2.75) is 35.8 Å². The number of halogens is 1. The number of aliphatic hydroxyl groups excluding tert-OH is 1.